The van der Waals surface area contributed by atoms with Crippen LogP contribution in [0.15, 0.2) is 24.5 Å². The maximum atomic E-state index is 13.0. The Hall–Kier alpha value is -1.56. The molecule has 4 rings (SSSR count). The molecule has 1 aromatic heterocycles. The van der Waals surface area contributed by atoms with Gasteiger partial charge in [-0.15, -0.1) is 0 Å². The third-order valence-electron chi connectivity index (χ3n) is 5.47. The van der Waals surface area contributed by atoms with Crippen LogP contribution in [0.2, 0.25) is 0 Å². The van der Waals surface area contributed by atoms with Crippen LogP contribution in [-0.4, -0.2) is 52.3 Å². The number of hydrogen-bond donors (Lipinski definition) is 0. The van der Waals surface area contributed by atoms with Crippen LogP contribution in [0.1, 0.15) is 24.8 Å². The van der Waals surface area contributed by atoms with E-state index in [2.05, 4.69) is 16.0 Å². The summed E-state index contributed by atoms with van der Waals surface area (Å²) in [5.41, 5.74) is 1.17. The van der Waals surface area contributed by atoms with Crippen molar-refractivity contribution in [1.82, 2.24) is 14.8 Å². The molecule has 3 heterocycles. The SMILES string of the molecule is O=C(C1CC(F)(F)C1)N1CC[C@H]2CN(Cc3cccnc3)C[C@H]21. The quantitative estimate of drug-likeness (QED) is 0.856. The summed E-state index contributed by atoms with van der Waals surface area (Å²) in [6, 6.07) is 4.19. The number of carbonyl (C=O) groups excluding carboxylic acids is 1. The van der Waals surface area contributed by atoms with Crippen molar-refractivity contribution in [3.63, 3.8) is 0 Å². The molecule has 0 N–H and O–H groups in total. The van der Waals surface area contributed by atoms with E-state index < -0.39 is 11.8 Å². The van der Waals surface area contributed by atoms with Crippen LogP contribution in [-0.2, 0) is 11.3 Å². The van der Waals surface area contributed by atoms with Gasteiger partial charge in [0, 0.05) is 63.4 Å². The van der Waals surface area contributed by atoms with Crippen LogP contribution in [0, 0.1) is 11.8 Å². The summed E-state index contributed by atoms with van der Waals surface area (Å²) in [6.45, 7) is 3.39. The minimum atomic E-state index is -2.62. The predicted octanol–water partition coefficient (Wildman–Crippen LogP) is 2.16. The van der Waals surface area contributed by atoms with E-state index in [1.807, 2.05) is 17.2 Å². The van der Waals surface area contributed by atoms with Crippen LogP contribution in [0.4, 0.5) is 8.78 Å². The second kappa shape index (κ2) is 5.51. The molecule has 0 aromatic carbocycles. The lowest BCUT2D eigenvalue weighted by Gasteiger charge is -2.37. The molecule has 3 fully saturated rings. The van der Waals surface area contributed by atoms with Crippen LogP contribution in [0.5, 0.6) is 0 Å². The summed E-state index contributed by atoms with van der Waals surface area (Å²) in [7, 11) is 0. The Labute approximate surface area is 134 Å². The second-order valence-electron chi connectivity index (χ2n) is 7.16. The van der Waals surface area contributed by atoms with Gasteiger partial charge in [-0.05, 0) is 24.0 Å². The molecular weight excluding hydrogens is 300 g/mol. The highest BCUT2D eigenvalue weighted by Gasteiger charge is 2.52. The molecule has 1 amide bonds. The molecule has 2 saturated heterocycles. The van der Waals surface area contributed by atoms with E-state index in [1.54, 1.807) is 6.20 Å². The number of nitrogens with zero attached hydrogens (tertiary/aromatic N) is 3. The van der Waals surface area contributed by atoms with E-state index in [4.69, 9.17) is 0 Å². The lowest BCUT2D eigenvalue weighted by atomic mass is 9.80. The Balaban J connectivity index is 1.37. The number of rotatable bonds is 3. The molecule has 3 aliphatic rings. The number of aromatic nitrogens is 1. The standard InChI is InChI=1S/C17H21F2N3O/c18-17(19)6-14(7-17)16(23)22-5-3-13-10-21(11-15(13)22)9-12-2-1-4-20-8-12/h1-2,4,8,13-15H,3,5-7,9-11H2/t13-,15+/m0/s1. The molecule has 4 nitrogen and oxygen atoms in total. The smallest absolute Gasteiger partial charge is 0.249 e. The van der Waals surface area contributed by atoms with E-state index in [9.17, 15) is 13.6 Å². The van der Waals surface area contributed by atoms with Gasteiger partial charge in [0.15, 0.2) is 0 Å². The number of alkyl halides is 2. The fraction of sp³-hybridized carbons (Fsp3) is 0.647. The molecule has 23 heavy (non-hydrogen) atoms. The van der Waals surface area contributed by atoms with Crippen LogP contribution >= 0.6 is 0 Å². The first-order chi connectivity index (χ1) is 11.0. The molecule has 1 saturated carbocycles. The molecule has 0 bridgehead atoms. The maximum absolute atomic E-state index is 13.0. The minimum Gasteiger partial charge on any atom is -0.338 e. The van der Waals surface area contributed by atoms with Gasteiger partial charge in [-0.1, -0.05) is 6.07 Å². The summed E-state index contributed by atoms with van der Waals surface area (Å²) in [6.07, 6.45) is 4.09. The van der Waals surface area contributed by atoms with Gasteiger partial charge in [0.2, 0.25) is 11.8 Å². The Morgan fingerprint density at radius 2 is 2.17 bits per heavy atom. The molecule has 2 atom stereocenters. The average molecular weight is 321 g/mol. The van der Waals surface area contributed by atoms with E-state index >= 15 is 0 Å². The Morgan fingerprint density at radius 1 is 1.35 bits per heavy atom. The zero-order chi connectivity index (χ0) is 16.0. The third-order valence-corrected chi connectivity index (χ3v) is 5.47. The fourth-order valence-corrected chi connectivity index (χ4v) is 4.27. The fourth-order valence-electron chi connectivity index (χ4n) is 4.27. The van der Waals surface area contributed by atoms with Gasteiger partial charge in [-0.25, -0.2) is 8.78 Å². The monoisotopic (exact) mass is 321 g/mol. The molecule has 0 unspecified atom stereocenters. The zero-order valence-corrected chi connectivity index (χ0v) is 13.0. The van der Waals surface area contributed by atoms with Crippen LogP contribution in [0.3, 0.4) is 0 Å². The van der Waals surface area contributed by atoms with Crippen molar-refractivity contribution in [3.8, 4) is 0 Å². The molecule has 124 valence electrons. The highest BCUT2D eigenvalue weighted by atomic mass is 19.3. The summed E-state index contributed by atoms with van der Waals surface area (Å²) in [4.78, 5) is 20.9. The van der Waals surface area contributed by atoms with Crippen LogP contribution < -0.4 is 0 Å². The molecule has 1 aliphatic carbocycles. The van der Waals surface area contributed by atoms with Crippen molar-refractivity contribution in [3.05, 3.63) is 30.1 Å². The number of carbonyl (C=O) groups is 1. The first-order valence-electron chi connectivity index (χ1n) is 8.31. The zero-order valence-electron chi connectivity index (χ0n) is 13.0. The average Bonchev–Trinajstić information content (AvgIpc) is 3.05. The number of amides is 1. The van der Waals surface area contributed by atoms with E-state index in [-0.39, 0.29) is 24.8 Å². The van der Waals surface area contributed by atoms with Crippen molar-refractivity contribution in [2.75, 3.05) is 19.6 Å². The number of halogens is 2. The van der Waals surface area contributed by atoms with Gasteiger partial charge in [0.05, 0.1) is 0 Å². The maximum Gasteiger partial charge on any atom is 0.249 e. The summed E-state index contributed by atoms with van der Waals surface area (Å²) in [5.74, 6) is -2.65. The first-order valence-corrected chi connectivity index (χ1v) is 8.31. The molecule has 1 aromatic rings. The van der Waals surface area contributed by atoms with Crippen molar-refractivity contribution in [1.29, 1.82) is 0 Å². The van der Waals surface area contributed by atoms with Gasteiger partial charge >= 0.3 is 0 Å². The summed E-state index contributed by atoms with van der Waals surface area (Å²) >= 11 is 0. The van der Waals surface area contributed by atoms with Gasteiger partial charge in [-0.2, -0.15) is 0 Å². The Morgan fingerprint density at radius 3 is 2.87 bits per heavy atom. The van der Waals surface area contributed by atoms with Crippen molar-refractivity contribution in [2.24, 2.45) is 11.8 Å². The van der Waals surface area contributed by atoms with Crippen molar-refractivity contribution < 1.29 is 13.6 Å². The van der Waals surface area contributed by atoms with Gasteiger partial charge in [0.25, 0.3) is 0 Å². The first kappa shape index (κ1) is 15.0. The molecule has 0 radical (unpaired) electrons. The molecule has 2 aliphatic heterocycles. The van der Waals surface area contributed by atoms with Crippen LogP contribution in [0.25, 0.3) is 0 Å². The van der Waals surface area contributed by atoms with E-state index in [0.717, 1.165) is 32.6 Å². The normalized spacial score (nSPS) is 30.3. The van der Waals surface area contributed by atoms with Gasteiger partial charge < -0.3 is 4.90 Å². The molecular formula is C17H21F2N3O. The number of likely N-dealkylation sites (tertiary alicyclic amines) is 2. The predicted molar refractivity (Wildman–Crippen MR) is 80.8 cm³/mol. The van der Waals surface area contributed by atoms with Crippen molar-refractivity contribution >= 4 is 5.91 Å². The largest absolute Gasteiger partial charge is 0.338 e. The number of hydrogen-bond acceptors (Lipinski definition) is 3. The Bertz CT molecular complexity index is 587. The highest BCUT2D eigenvalue weighted by molar-refractivity contribution is 5.80. The lowest BCUT2D eigenvalue weighted by Crippen LogP contribution is -2.49. The minimum absolute atomic E-state index is 0.0494. The van der Waals surface area contributed by atoms with E-state index in [0.29, 0.717) is 5.92 Å². The van der Waals surface area contributed by atoms with Gasteiger partial charge in [-0.3, -0.25) is 14.7 Å². The summed E-state index contributed by atoms with van der Waals surface area (Å²) < 4.78 is 26.0. The van der Waals surface area contributed by atoms with Gasteiger partial charge in [0.1, 0.15) is 0 Å². The summed E-state index contributed by atoms with van der Waals surface area (Å²) in [5, 5.41) is 0. The highest BCUT2D eigenvalue weighted by Crippen LogP contribution is 2.44. The molecule has 6 heteroatoms. The Kier molecular flexibility index (Phi) is 3.59. The lowest BCUT2D eigenvalue weighted by molar-refractivity contribution is -0.160. The topological polar surface area (TPSA) is 36.4 Å². The number of fused-ring (bicyclic) bond motifs is 1. The second-order valence-corrected chi connectivity index (χ2v) is 7.16. The van der Waals surface area contributed by atoms with E-state index in [1.165, 1.54) is 5.56 Å². The van der Waals surface area contributed by atoms with Crippen molar-refractivity contribution in [2.45, 2.75) is 37.8 Å². The third kappa shape index (κ3) is 2.84. The molecule has 0 spiro atoms. The number of pyridine rings is 1.